The molecule has 2 aliphatic rings. The third-order valence-electron chi connectivity index (χ3n) is 9.57. The Hall–Kier alpha value is -6.90. The number of carbonyl (C=O) groups is 8. The van der Waals surface area contributed by atoms with Gasteiger partial charge in [0.05, 0.1) is 38.7 Å². The first-order valence-electron chi connectivity index (χ1n) is 20.9. The molecule has 2 aromatic heterocycles. The van der Waals surface area contributed by atoms with E-state index in [0.717, 1.165) is 52.7 Å². The summed E-state index contributed by atoms with van der Waals surface area (Å²) in [4.78, 5) is 95.9. The fourth-order valence-electron chi connectivity index (χ4n) is 7.07. The van der Waals surface area contributed by atoms with Crippen LogP contribution in [0.2, 0.25) is 0 Å². The van der Waals surface area contributed by atoms with Crippen LogP contribution in [0.4, 0.5) is 0 Å². The molecule has 0 spiro atoms. The number of benzene rings is 1. The third-order valence-corrected chi connectivity index (χ3v) is 9.57. The van der Waals surface area contributed by atoms with Crippen LogP contribution in [0, 0.1) is 0 Å². The minimum atomic E-state index is -1.40. The Kier molecular flexibility index (Phi) is 18.5. The van der Waals surface area contributed by atoms with Crippen LogP contribution in [0.15, 0.2) is 36.7 Å². The standard InChI is InChI=1S/C42H52N6O20/c1-21(49)57-19-33-35(61-23(3)51)37(63-25(5)53)39(65-27(7)55)41(67-33)59-17-31-15-47(45-43-31)13-29-9-11-30(12-10-29)14-48-16-32(44-46-48)18-60-42-40(66-28(8)56)38(64-26(6)54)36(62-24(4)52)34(68-42)20-58-22(2)50/h9-12,15-16,33-42H,13-14,17-20H2,1-8H3/t33-,34-,35-,36-,37+,38+,39+,40+,41+,42+/m1/s1. The average molecular weight is 961 g/mol. The molecule has 5 rings (SSSR count). The van der Waals surface area contributed by atoms with Gasteiger partial charge in [-0.05, 0) is 11.1 Å². The van der Waals surface area contributed by atoms with E-state index >= 15 is 0 Å². The van der Waals surface area contributed by atoms with Crippen molar-refractivity contribution in [2.24, 2.45) is 0 Å². The van der Waals surface area contributed by atoms with Gasteiger partial charge in [-0.3, -0.25) is 38.4 Å². The topological polar surface area (TPSA) is 309 Å². The van der Waals surface area contributed by atoms with Crippen LogP contribution in [-0.4, -0.2) is 152 Å². The summed E-state index contributed by atoms with van der Waals surface area (Å²) >= 11 is 0. The van der Waals surface area contributed by atoms with Crippen molar-refractivity contribution in [2.45, 2.75) is 143 Å². The van der Waals surface area contributed by atoms with E-state index in [9.17, 15) is 38.4 Å². The highest BCUT2D eigenvalue weighted by atomic mass is 16.7. The Morgan fingerprint density at radius 2 is 0.765 bits per heavy atom. The van der Waals surface area contributed by atoms with Gasteiger partial charge in [-0.1, -0.05) is 34.7 Å². The molecule has 0 bridgehead atoms. The number of hydrogen-bond acceptors (Lipinski definition) is 24. The number of carbonyl (C=O) groups excluding carboxylic acids is 8. The van der Waals surface area contributed by atoms with E-state index in [2.05, 4.69) is 20.6 Å². The van der Waals surface area contributed by atoms with Gasteiger partial charge in [0, 0.05) is 55.4 Å². The van der Waals surface area contributed by atoms with Crippen LogP contribution in [0.3, 0.4) is 0 Å². The van der Waals surface area contributed by atoms with Crippen molar-refractivity contribution in [3.63, 3.8) is 0 Å². The smallest absolute Gasteiger partial charge is 0.303 e. The predicted molar refractivity (Wildman–Crippen MR) is 218 cm³/mol. The van der Waals surface area contributed by atoms with Gasteiger partial charge >= 0.3 is 47.8 Å². The van der Waals surface area contributed by atoms with Gasteiger partial charge in [-0.2, -0.15) is 0 Å². The summed E-state index contributed by atoms with van der Waals surface area (Å²) in [5.41, 5.74) is 2.38. The molecule has 4 heterocycles. The molecule has 2 fully saturated rings. The van der Waals surface area contributed by atoms with Crippen LogP contribution < -0.4 is 0 Å². The number of rotatable bonds is 20. The molecule has 0 N–H and O–H groups in total. The van der Waals surface area contributed by atoms with E-state index < -0.39 is 122 Å². The van der Waals surface area contributed by atoms with Crippen molar-refractivity contribution in [3.8, 4) is 0 Å². The van der Waals surface area contributed by atoms with Gasteiger partial charge in [-0.25, -0.2) is 9.36 Å². The highest BCUT2D eigenvalue weighted by molar-refractivity contribution is 5.70. The Morgan fingerprint density at radius 1 is 0.456 bits per heavy atom. The molecule has 3 aromatic rings. The minimum absolute atomic E-state index is 0.222. The van der Waals surface area contributed by atoms with Gasteiger partial charge in [0.2, 0.25) is 0 Å². The minimum Gasteiger partial charge on any atom is -0.463 e. The van der Waals surface area contributed by atoms with Crippen LogP contribution in [0.25, 0.3) is 0 Å². The Balaban J connectivity index is 1.20. The van der Waals surface area contributed by atoms with E-state index in [1.165, 1.54) is 13.8 Å². The summed E-state index contributed by atoms with van der Waals surface area (Å²) < 4.78 is 69.7. The lowest BCUT2D eigenvalue weighted by Crippen LogP contribution is -2.62. The number of aromatic nitrogens is 6. The lowest BCUT2D eigenvalue weighted by atomic mass is 9.98. The Labute approximate surface area is 387 Å². The molecule has 2 aliphatic heterocycles. The van der Waals surface area contributed by atoms with Gasteiger partial charge in [0.1, 0.15) is 36.8 Å². The first kappa shape index (κ1) is 52.1. The molecule has 0 aliphatic carbocycles. The van der Waals surface area contributed by atoms with Gasteiger partial charge in [0.25, 0.3) is 0 Å². The second-order valence-corrected chi connectivity index (χ2v) is 15.4. The zero-order valence-corrected chi connectivity index (χ0v) is 38.3. The highest BCUT2D eigenvalue weighted by Crippen LogP contribution is 2.32. The second-order valence-electron chi connectivity index (χ2n) is 15.4. The average Bonchev–Trinajstić information content (AvgIpc) is 3.90. The number of hydrogen-bond donors (Lipinski definition) is 0. The fourth-order valence-corrected chi connectivity index (χ4v) is 7.07. The molecule has 10 atom stereocenters. The second kappa shape index (κ2) is 24.2. The van der Waals surface area contributed by atoms with Gasteiger partial charge in [-0.15, -0.1) is 10.2 Å². The summed E-state index contributed by atoms with van der Waals surface area (Å²) in [7, 11) is 0. The Bertz CT molecular complexity index is 2110. The van der Waals surface area contributed by atoms with Crippen molar-refractivity contribution < 1.29 is 95.2 Å². The zero-order chi connectivity index (χ0) is 49.7. The Morgan fingerprint density at radius 3 is 1.07 bits per heavy atom. The van der Waals surface area contributed by atoms with Gasteiger partial charge in [0.15, 0.2) is 49.2 Å². The lowest BCUT2D eigenvalue weighted by Gasteiger charge is -2.43. The summed E-state index contributed by atoms with van der Waals surface area (Å²) in [6.07, 6.45) is -10.2. The summed E-state index contributed by atoms with van der Waals surface area (Å²) in [5, 5.41) is 16.6. The predicted octanol–water partition coefficient (Wildman–Crippen LogP) is 0.166. The molecule has 26 heteroatoms. The summed E-state index contributed by atoms with van der Waals surface area (Å²) in [6.45, 7) is 8.38. The van der Waals surface area contributed by atoms with Crippen molar-refractivity contribution in [1.29, 1.82) is 0 Å². The molecule has 0 radical (unpaired) electrons. The quantitative estimate of drug-likeness (QED) is 0.108. The fraction of sp³-hybridized carbons (Fsp3) is 0.571. The zero-order valence-electron chi connectivity index (χ0n) is 38.3. The molecular formula is C42H52N6O20. The molecule has 1 aromatic carbocycles. The molecule has 68 heavy (non-hydrogen) atoms. The maximum absolute atomic E-state index is 12.2. The summed E-state index contributed by atoms with van der Waals surface area (Å²) in [6, 6.07) is 7.48. The third kappa shape index (κ3) is 15.6. The molecule has 2 saturated heterocycles. The maximum Gasteiger partial charge on any atom is 0.303 e. The van der Waals surface area contributed by atoms with Crippen LogP contribution in [-0.2, 0) is 122 Å². The van der Waals surface area contributed by atoms with Crippen LogP contribution in [0.1, 0.15) is 77.9 Å². The van der Waals surface area contributed by atoms with Gasteiger partial charge < -0.3 is 56.8 Å². The van der Waals surface area contributed by atoms with E-state index in [1.807, 2.05) is 24.3 Å². The summed E-state index contributed by atoms with van der Waals surface area (Å²) in [5.74, 6) is -5.95. The van der Waals surface area contributed by atoms with E-state index in [4.69, 9.17) is 56.8 Å². The largest absolute Gasteiger partial charge is 0.463 e. The molecule has 0 amide bonds. The van der Waals surface area contributed by atoms with Crippen LogP contribution >= 0.6 is 0 Å². The van der Waals surface area contributed by atoms with Crippen molar-refractivity contribution in [2.75, 3.05) is 13.2 Å². The monoisotopic (exact) mass is 960 g/mol. The van der Waals surface area contributed by atoms with Crippen molar-refractivity contribution in [3.05, 3.63) is 59.2 Å². The molecular weight excluding hydrogens is 908 g/mol. The number of nitrogens with zero attached hydrogens (tertiary/aromatic N) is 6. The number of ether oxygens (including phenoxy) is 12. The number of esters is 8. The first-order chi connectivity index (χ1) is 32.2. The lowest BCUT2D eigenvalue weighted by molar-refractivity contribution is -0.310. The normalized spacial score (nSPS) is 24.4. The SMILES string of the molecule is CC(=O)OC[C@H]1O[C@H](OCc2cn(Cc3ccc(Cn4cc(CO[C@H]5O[C@H](COC(C)=O)[C@@H](OC(C)=O)[C@H](OC(C)=O)[C@@H]5OC(C)=O)nn4)cc3)nn2)[C@@H](OC(C)=O)[C@@H](OC(C)=O)[C@@H]1OC(C)=O. The van der Waals surface area contributed by atoms with E-state index in [1.54, 1.807) is 21.8 Å². The first-order valence-corrected chi connectivity index (χ1v) is 20.9. The molecule has 0 saturated carbocycles. The van der Waals surface area contributed by atoms with Crippen LogP contribution in [0.5, 0.6) is 0 Å². The van der Waals surface area contributed by atoms with Crippen molar-refractivity contribution in [1.82, 2.24) is 30.0 Å². The van der Waals surface area contributed by atoms with E-state index in [0.29, 0.717) is 24.5 Å². The van der Waals surface area contributed by atoms with E-state index in [-0.39, 0.29) is 13.2 Å². The molecule has 370 valence electrons. The highest BCUT2D eigenvalue weighted by Gasteiger charge is 2.54. The molecule has 26 nitrogen and oxygen atoms in total. The maximum atomic E-state index is 12.2. The van der Waals surface area contributed by atoms with Crippen molar-refractivity contribution >= 4 is 47.8 Å². The molecule has 0 unspecified atom stereocenters.